The van der Waals surface area contributed by atoms with E-state index in [-0.39, 0.29) is 0 Å². The first kappa shape index (κ1) is 106. The van der Waals surface area contributed by atoms with Crippen LogP contribution in [0.25, 0.3) is 16.9 Å². The summed E-state index contributed by atoms with van der Waals surface area (Å²) >= 11 is 0. The average molecular weight is 1590 g/mol. The Morgan fingerprint density at radius 2 is 0.345 bits per heavy atom. The van der Waals surface area contributed by atoms with E-state index in [0.717, 1.165) is 122 Å². The van der Waals surface area contributed by atoms with Crippen LogP contribution in [0.5, 0.6) is 0 Å². The van der Waals surface area contributed by atoms with Gasteiger partial charge in [-0.1, -0.05) is 558 Å². The van der Waals surface area contributed by atoms with E-state index in [1.807, 2.05) is 0 Å². The van der Waals surface area contributed by atoms with E-state index in [4.69, 9.17) is 0 Å². The summed E-state index contributed by atoms with van der Waals surface area (Å²) in [5.74, 6) is 29.2. The summed E-state index contributed by atoms with van der Waals surface area (Å²) in [5.41, 5.74) is 23.4. The maximum Gasteiger partial charge on any atom is 0.211 e. The van der Waals surface area contributed by atoms with Crippen molar-refractivity contribution in [3.05, 3.63) is 86.5 Å². The molecule has 0 unspecified atom stereocenters. The molecule has 0 atom stereocenters. The van der Waals surface area contributed by atoms with Crippen LogP contribution in [0.2, 0.25) is 0 Å². The van der Waals surface area contributed by atoms with E-state index >= 15 is 0 Å². The van der Waals surface area contributed by atoms with Gasteiger partial charge in [0.15, 0.2) is 0 Å². The fraction of sp³-hybridized carbons (Fsp3) is 0.789. The third-order valence-corrected chi connectivity index (χ3v) is 25.5. The van der Waals surface area contributed by atoms with Crippen LogP contribution in [0.3, 0.4) is 0 Å². The molecule has 2 aromatic carbocycles. The molecule has 0 aromatic heterocycles. The van der Waals surface area contributed by atoms with Gasteiger partial charge in [0.1, 0.15) is 0 Å². The first-order valence-electron chi connectivity index (χ1n) is 52.7. The van der Waals surface area contributed by atoms with Crippen molar-refractivity contribution < 1.29 is 4.70 Å². The van der Waals surface area contributed by atoms with E-state index in [0.29, 0.717) is 0 Å². The van der Waals surface area contributed by atoms with Crippen LogP contribution in [0.15, 0.2) is 47.5 Å². The number of hydrogen-bond donors (Lipinski definition) is 0. The quantitative estimate of drug-likeness (QED) is 0.0358. The van der Waals surface area contributed by atoms with Gasteiger partial charge < -0.3 is 5.53 Å². The summed E-state index contributed by atoms with van der Waals surface area (Å²) in [6, 6.07) is 13.5. The molecule has 0 amide bonds. The van der Waals surface area contributed by atoms with Crippen molar-refractivity contribution in [2.75, 3.05) is 0 Å². The number of rotatable bonds is 82. The van der Waals surface area contributed by atoms with Gasteiger partial charge in [-0.15, -0.1) is 0 Å². The normalized spacial score (nSPS) is 12.0. The molecule has 2 heteroatoms. The Hall–Kier alpha value is -4.24. The number of unbranched alkanes of at least 4 members (excludes halogenated alkanes) is 77. The Morgan fingerprint density at radius 1 is 0.190 bits per heavy atom. The predicted octanol–water partition coefficient (Wildman–Crippen LogP) is 39.2. The first-order chi connectivity index (χ1) is 57.5. The molecule has 0 radical (unpaired) electrons. The Bertz CT molecular complexity index is 2760. The van der Waals surface area contributed by atoms with Gasteiger partial charge in [0, 0.05) is 70.2 Å². The van der Waals surface area contributed by atoms with E-state index in [9.17, 15) is 5.53 Å². The van der Waals surface area contributed by atoms with Crippen LogP contribution in [0.4, 0.5) is 0 Å². The number of benzene rings is 2. The zero-order chi connectivity index (χ0) is 82.6. The second-order valence-corrected chi connectivity index (χ2v) is 36.7. The van der Waals surface area contributed by atoms with Crippen molar-refractivity contribution in [1.82, 2.24) is 0 Å². The maximum absolute atomic E-state index is 13.1. The van der Waals surface area contributed by atoms with Crippen molar-refractivity contribution in [2.24, 2.45) is 0 Å². The zero-order valence-corrected chi connectivity index (χ0v) is 78.8. The van der Waals surface area contributed by atoms with Gasteiger partial charge in [-0.25, -0.2) is 4.70 Å². The highest BCUT2D eigenvalue weighted by Gasteiger charge is 2.35. The molecule has 658 valence electrons. The number of nitrogens with zero attached hydrogens (tertiary/aromatic N) is 2. The summed E-state index contributed by atoms with van der Waals surface area (Å²) < 4.78 is 1.56. The molecule has 0 saturated carbocycles. The molecule has 0 bridgehead atoms. The highest BCUT2D eigenvalue weighted by molar-refractivity contribution is 5.83. The second-order valence-electron chi connectivity index (χ2n) is 36.7. The standard InChI is InChI=1S/C114H192N2/c1-7-13-18-22-26-30-34-38-42-46-50-54-58-62-66-70-74-78-82-86-90-94-105-99-106(95-91-87-83-79-75-71-67-63-59-55-51-47-43-39-35-31-27-23-19-14-8-2)102-109(101-105)113-111(12-6)112(98-17-11-5)114(116(113)115)110-103-107(96-92-88-84-80-76-72-68-64-60-56-52-48-44-40-36-32-28-24-20-15-9-3)100-108(104-110)97-93-89-85-81-77-73-69-65-61-57-53-49-45-41-37-33-29-25-21-16-10-4/h99-104H,7-89,98H2,1-6H3. The van der Waals surface area contributed by atoms with Gasteiger partial charge in [-0.3, -0.25) is 0 Å². The molecule has 1 aliphatic rings. The van der Waals surface area contributed by atoms with Gasteiger partial charge in [0.25, 0.3) is 0 Å². The zero-order valence-electron chi connectivity index (χ0n) is 78.8. The Balaban J connectivity index is 1.72. The lowest BCUT2D eigenvalue weighted by Gasteiger charge is -2.11. The fourth-order valence-corrected chi connectivity index (χ4v) is 17.9. The molecule has 2 nitrogen and oxygen atoms in total. The van der Waals surface area contributed by atoms with E-state index < -0.39 is 0 Å². The molecular formula is C114H192N2. The smallest absolute Gasteiger partial charge is 0.211 e. The van der Waals surface area contributed by atoms with Gasteiger partial charge in [-0.2, -0.15) is 0 Å². The molecule has 0 aliphatic carbocycles. The molecule has 2 aromatic rings. The van der Waals surface area contributed by atoms with E-state index in [1.54, 1.807) is 4.70 Å². The summed E-state index contributed by atoms with van der Waals surface area (Å²) in [6.45, 7) is 13.8. The van der Waals surface area contributed by atoms with E-state index in [2.05, 4.69) is 125 Å². The third kappa shape index (κ3) is 61.1. The van der Waals surface area contributed by atoms with Crippen molar-refractivity contribution in [3.63, 3.8) is 0 Å². The monoisotopic (exact) mass is 1590 g/mol. The van der Waals surface area contributed by atoms with Crippen LogP contribution in [-0.2, 0) is 0 Å². The lowest BCUT2D eigenvalue weighted by atomic mass is 9.92. The summed E-state index contributed by atoms with van der Waals surface area (Å²) in [6.07, 6.45) is 113. The molecule has 1 aliphatic heterocycles. The van der Waals surface area contributed by atoms with Crippen LogP contribution in [0, 0.1) is 47.4 Å². The molecule has 0 fully saturated rings. The highest BCUT2D eigenvalue weighted by Crippen LogP contribution is 2.45. The third-order valence-electron chi connectivity index (χ3n) is 25.5. The van der Waals surface area contributed by atoms with Gasteiger partial charge in [-0.05, 0) is 81.3 Å². The number of hydrogen-bond acceptors (Lipinski definition) is 0. The molecule has 3 rings (SSSR count). The summed E-state index contributed by atoms with van der Waals surface area (Å²) in [7, 11) is 0. The first-order valence-corrected chi connectivity index (χ1v) is 52.7. The lowest BCUT2D eigenvalue weighted by Crippen LogP contribution is -2.04. The lowest BCUT2D eigenvalue weighted by molar-refractivity contribution is -0.345. The van der Waals surface area contributed by atoms with Gasteiger partial charge in [0.05, 0.1) is 0 Å². The van der Waals surface area contributed by atoms with Crippen LogP contribution < -0.4 is 0 Å². The minimum Gasteiger partial charge on any atom is -0.493 e. The molecule has 1 heterocycles. The maximum atomic E-state index is 13.1. The average Bonchev–Trinajstić information content (AvgIpc) is 1.60. The van der Waals surface area contributed by atoms with E-state index in [1.165, 1.54) is 473 Å². The van der Waals surface area contributed by atoms with Crippen molar-refractivity contribution in [1.29, 1.82) is 0 Å². The van der Waals surface area contributed by atoms with Crippen LogP contribution in [-0.4, -0.2) is 4.70 Å². The fourth-order valence-electron chi connectivity index (χ4n) is 17.9. The SMILES string of the molecule is CCCCCCCCCCCCCCCCCCCCCC#Cc1cc(C#CCCCCCCCCCCCCCCCCCCCCC)cc(C2=C(CC)C(CCCC)=C(c3cc(C#CCCCCCCCCCCCCCCCCCCCCC)cc(C#CCCCCCCCCCCCCCCCCCCCCC)c3)[N+]2=[N-])c1. The minimum atomic E-state index is 0.815. The molecule has 0 saturated heterocycles. The van der Waals surface area contributed by atoms with Crippen LogP contribution in [0.1, 0.15) is 614 Å². The van der Waals surface area contributed by atoms with Crippen molar-refractivity contribution in [3.8, 4) is 47.4 Å². The topological polar surface area (TPSA) is 25.3 Å². The summed E-state index contributed by atoms with van der Waals surface area (Å²) in [5, 5.41) is 0. The van der Waals surface area contributed by atoms with Crippen molar-refractivity contribution in [2.45, 2.75) is 581 Å². The summed E-state index contributed by atoms with van der Waals surface area (Å²) in [4.78, 5) is 0. The molecular weight excluding hydrogens is 1400 g/mol. The van der Waals surface area contributed by atoms with Gasteiger partial charge in [0.2, 0.25) is 11.4 Å². The molecule has 0 N–H and O–H groups in total. The predicted molar refractivity (Wildman–Crippen MR) is 520 cm³/mol. The van der Waals surface area contributed by atoms with Crippen LogP contribution >= 0.6 is 0 Å². The highest BCUT2D eigenvalue weighted by atomic mass is 15.2. The number of allylic oxidation sites excluding steroid dienone is 2. The second kappa shape index (κ2) is 83.0. The van der Waals surface area contributed by atoms with Gasteiger partial charge >= 0.3 is 0 Å². The Kier molecular flexibility index (Phi) is 75.8. The largest absolute Gasteiger partial charge is 0.493 e. The molecule has 116 heavy (non-hydrogen) atoms. The van der Waals surface area contributed by atoms with Crippen molar-refractivity contribution >= 4 is 11.4 Å². The Labute approximate surface area is 726 Å². The molecule has 0 spiro atoms. The minimum absolute atomic E-state index is 0.815. The Morgan fingerprint density at radius 3 is 0.509 bits per heavy atom.